The van der Waals surface area contributed by atoms with Crippen molar-refractivity contribution in [2.75, 3.05) is 17.7 Å². The number of aliphatic hydroxyl groups is 1. The van der Waals surface area contributed by atoms with Crippen molar-refractivity contribution < 1.29 is 32.6 Å². The molecule has 9 heteroatoms. The van der Waals surface area contributed by atoms with Crippen molar-refractivity contribution >= 4 is 28.8 Å². The summed E-state index contributed by atoms with van der Waals surface area (Å²) >= 11 is 0. The van der Waals surface area contributed by atoms with Crippen molar-refractivity contribution in [2.45, 2.75) is 18.7 Å². The van der Waals surface area contributed by atoms with Crippen LogP contribution in [0.5, 0.6) is 5.75 Å². The number of rotatable bonds is 6. The van der Waals surface area contributed by atoms with E-state index in [1.54, 1.807) is 48.5 Å². The van der Waals surface area contributed by atoms with E-state index in [-0.39, 0.29) is 6.42 Å². The Morgan fingerprint density at radius 3 is 2.51 bits per heavy atom. The lowest BCUT2D eigenvalue weighted by Crippen LogP contribution is -2.34. The number of aliphatic hydroxyl groups excluding tert-OH is 1. The maximum Gasteiger partial charge on any atom is 0.416 e. The number of carbonyl (C=O) groups is 2. The molecule has 2 amide bonds. The Hall–Kier alpha value is -4.37. The summed E-state index contributed by atoms with van der Waals surface area (Å²) in [5.74, 6) is -0.459. The molecule has 190 valence electrons. The molecule has 0 saturated heterocycles. The van der Waals surface area contributed by atoms with E-state index in [2.05, 4.69) is 10.6 Å². The third kappa shape index (κ3) is 5.90. The summed E-state index contributed by atoms with van der Waals surface area (Å²) in [6, 6.07) is 16.8. The van der Waals surface area contributed by atoms with Gasteiger partial charge in [-0.25, -0.2) is 0 Å². The zero-order chi connectivity index (χ0) is 26.6. The molecular weight excluding hydrogens is 485 g/mol. The second kappa shape index (κ2) is 10.7. The van der Waals surface area contributed by atoms with Gasteiger partial charge < -0.3 is 20.5 Å². The van der Waals surface area contributed by atoms with Crippen molar-refractivity contribution in [3.8, 4) is 5.75 Å². The van der Waals surface area contributed by atoms with Gasteiger partial charge in [-0.05, 0) is 41.5 Å². The molecular formula is C28H23F3N2O4. The molecule has 3 N–H and O–H groups in total. The smallest absolute Gasteiger partial charge is 0.416 e. The Morgan fingerprint density at radius 1 is 1.08 bits per heavy atom. The number of fused-ring (bicyclic) bond motifs is 1. The summed E-state index contributed by atoms with van der Waals surface area (Å²) in [5.41, 5.74) is 2.49. The van der Waals surface area contributed by atoms with Gasteiger partial charge in [0.25, 0.3) is 5.91 Å². The number of anilines is 2. The minimum absolute atomic E-state index is 0.0626. The van der Waals surface area contributed by atoms with Crippen molar-refractivity contribution in [1.82, 2.24) is 0 Å². The standard InChI is InChI=1S/C28H23F3N2O4/c1-37-25-10-3-2-6-20(25)19(17-12-14-18(15-13-17)28(29,30)31)7-4-11-26(35)32-22-8-5-9-23-21(22)16-24(34)27(36)33-23/h2-15,24,34H,16H2,1H3,(H,32,35)(H,33,36)/b11-4+,19-7-. The van der Waals surface area contributed by atoms with Crippen molar-refractivity contribution in [2.24, 2.45) is 0 Å². The fourth-order valence-corrected chi connectivity index (χ4v) is 4.00. The maximum atomic E-state index is 13.1. The van der Waals surface area contributed by atoms with Gasteiger partial charge in [-0.15, -0.1) is 0 Å². The number of hydrogen-bond acceptors (Lipinski definition) is 4. The van der Waals surface area contributed by atoms with Crippen LogP contribution in [0.3, 0.4) is 0 Å². The summed E-state index contributed by atoms with van der Waals surface area (Å²) in [4.78, 5) is 24.4. The zero-order valence-electron chi connectivity index (χ0n) is 19.7. The van der Waals surface area contributed by atoms with Crippen molar-refractivity contribution in [3.63, 3.8) is 0 Å². The van der Waals surface area contributed by atoms with Gasteiger partial charge in [-0.3, -0.25) is 9.59 Å². The number of halogens is 3. The highest BCUT2D eigenvalue weighted by Gasteiger charge is 2.30. The van der Waals surface area contributed by atoms with Gasteiger partial charge in [-0.2, -0.15) is 13.2 Å². The molecule has 3 aromatic carbocycles. The van der Waals surface area contributed by atoms with E-state index in [9.17, 15) is 27.9 Å². The predicted octanol–water partition coefficient (Wildman–Crippen LogP) is 5.20. The van der Waals surface area contributed by atoms with Gasteiger partial charge in [0.05, 0.1) is 12.7 Å². The molecule has 0 spiro atoms. The van der Waals surface area contributed by atoms with Crippen LogP contribution in [-0.2, 0) is 22.2 Å². The van der Waals surface area contributed by atoms with E-state index < -0.39 is 29.7 Å². The number of methoxy groups -OCH3 is 1. The van der Waals surface area contributed by atoms with E-state index in [4.69, 9.17) is 4.74 Å². The molecule has 0 bridgehead atoms. The number of nitrogens with one attached hydrogen (secondary N) is 2. The lowest BCUT2D eigenvalue weighted by atomic mass is 9.95. The highest BCUT2D eigenvalue weighted by Crippen LogP contribution is 2.34. The van der Waals surface area contributed by atoms with Gasteiger partial charge in [0, 0.05) is 35.0 Å². The Kier molecular flexibility index (Phi) is 7.45. The quantitative estimate of drug-likeness (QED) is 0.316. The summed E-state index contributed by atoms with van der Waals surface area (Å²) in [6.45, 7) is 0. The Balaban J connectivity index is 1.62. The van der Waals surface area contributed by atoms with E-state index >= 15 is 0 Å². The highest BCUT2D eigenvalue weighted by molar-refractivity contribution is 6.03. The van der Waals surface area contributed by atoms with E-state index in [0.717, 1.165) is 12.1 Å². The number of amides is 2. The fourth-order valence-electron chi connectivity index (χ4n) is 4.00. The lowest BCUT2D eigenvalue weighted by molar-refractivity contribution is -0.137. The molecule has 1 aliphatic heterocycles. The first kappa shape index (κ1) is 25.7. The Labute approximate surface area is 211 Å². The normalized spacial score (nSPS) is 15.8. The maximum absolute atomic E-state index is 13.1. The van der Waals surface area contributed by atoms with Crippen LogP contribution in [0.25, 0.3) is 5.57 Å². The summed E-state index contributed by atoms with van der Waals surface area (Å²) in [5, 5.41) is 15.2. The van der Waals surface area contributed by atoms with Gasteiger partial charge >= 0.3 is 6.18 Å². The number of alkyl halides is 3. The Morgan fingerprint density at radius 2 is 1.81 bits per heavy atom. The van der Waals surface area contributed by atoms with Crippen LogP contribution < -0.4 is 15.4 Å². The number of ether oxygens (including phenoxy) is 1. The summed E-state index contributed by atoms with van der Waals surface area (Å²) < 4.78 is 44.6. The largest absolute Gasteiger partial charge is 0.496 e. The molecule has 4 rings (SSSR count). The van der Waals surface area contributed by atoms with Crippen molar-refractivity contribution in [3.05, 3.63) is 107 Å². The van der Waals surface area contributed by atoms with Gasteiger partial charge in [0.15, 0.2) is 0 Å². The monoisotopic (exact) mass is 508 g/mol. The number of para-hydroxylation sites is 1. The molecule has 37 heavy (non-hydrogen) atoms. The van der Waals surface area contributed by atoms with Crippen LogP contribution in [0, 0.1) is 0 Å². The first-order chi connectivity index (χ1) is 17.7. The molecule has 0 saturated carbocycles. The van der Waals surface area contributed by atoms with Gasteiger partial charge in [0.2, 0.25) is 5.91 Å². The number of allylic oxidation sites excluding steroid dienone is 2. The molecule has 0 radical (unpaired) electrons. The molecule has 1 atom stereocenters. The number of carbonyl (C=O) groups excluding carboxylic acids is 2. The van der Waals surface area contributed by atoms with Gasteiger partial charge in [-0.1, -0.05) is 48.6 Å². The lowest BCUT2D eigenvalue weighted by Gasteiger charge is -2.23. The van der Waals surface area contributed by atoms with Gasteiger partial charge in [0.1, 0.15) is 11.9 Å². The first-order valence-corrected chi connectivity index (χ1v) is 11.3. The molecule has 1 aliphatic rings. The molecule has 6 nitrogen and oxygen atoms in total. The topological polar surface area (TPSA) is 87.7 Å². The van der Waals surface area contributed by atoms with Crippen LogP contribution in [-0.4, -0.2) is 30.1 Å². The minimum atomic E-state index is -4.46. The van der Waals surface area contributed by atoms with Crippen LogP contribution >= 0.6 is 0 Å². The summed E-state index contributed by atoms with van der Waals surface area (Å²) in [7, 11) is 1.49. The second-order valence-corrected chi connectivity index (χ2v) is 8.24. The second-order valence-electron chi connectivity index (χ2n) is 8.24. The number of benzene rings is 3. The average molecular weight is 508 g/mol. The SMILES string of the molecule is COc1ccccc1/C(=C\C=C\C(=O)Nc1cccc2c1CC(O)C(=O)N2)c1ccc(C(F)(F)F)cc1. The molecule has 0 aromatic heterocycles. The third-order valence-electron chi connectivity index (χ3n) is 5.82. The molecule has 3 aromatic rings. The summed E-state index contributed by atoms with van der Waals surface area (Å²) in [6.07, 6.45) is -1.23. The van der Waals surface area contributed by atoms with Crippen molar-refractivity contribution in [1.29, 1.82) is 0 Å². The fraction of sp³-hybridized carbons (Fsp3) is 0.143. The zero-order valence-corrected chi connectivity index (χ0v) is 19.7. The molecule has 0 fully saturated rings. The van der Waals surface area contributed by atoms with Crippen LogP contribution in [0.2, 0.25) is 0 Å². The number of hydrogen-bond donors (Lipinski definition) is 3. The van der Waals surface area contributed by atoms with E-state index in [0.29, 0.717) is 39.4 Å². The van der Waals surface area contributed by atoms with Crippen LogP contribution in [0.1, 0.15) is 22.3 Å². The van der Waals surface area contributed by atoms with E-state index in [1.807, 2.05) is 0 Å². The minimum Gasteiger partial charge on any atom is -0.496 e. The predicted molar refractivity (Wildman–Crippen MR) is 134 cm³/mol. The third-order valence-corrected chi connectivity index (χ3v) is 5.82. The van der Waals surface area contributed by atoms with Crippen LogP contribution in [0.4, 0.5) is 24.5 Å². The van der Waals surface area contributed by atoms with E-state index in [1.165, 1.54) is 31.4 Å². The molecule has 0 aliphatic carbocycles. The molecule has 1 heterocycles. The first-order valence-electron chi connectivity index (χ1n) is 11.3. The highest BCUT2D eigenvalue weighted by atomic mass is 19.4. The average Bonchev–Trinajstić information content (AvgIpc) is 2.87. The van der Waals surface area contributed by atoms with Crippen LogP contribution in [0.15, 0.2) is 85.0 Å². The Bertz CT molecular complexity index is 1380. The molecule has 1 unspecified atom stereocenters.